The third kappa shape index (κ3) is 1.52. The Morgan fingerprint density at radius 1 is 1.05 bits per heavy atom. The minimum atomic E-state index is -1.28. The second kappa shape index (κ2) is 4.06. The molecule has 1 aliphatic heterocycles. The first kappa shape index (κ1) is 13.6. The van der Waals surface area contributed by atoms with Gasteiger partial charge in [0.1, 0.15) is 5.54 Å². The van der Waals surface area contributed by atoms with Gasteiger partial charge in [-0.05, 0) is 18.3 Å². The Kier molecular flexibility index (Phi) is 2.76. The SMILES string of the molecule is CC1(C)C2C(=O)N(C3(C(=O)O)CCCCCC3)C(=O)C21. The summed E-state index contributed by atoms with van der Waals surface area (Å²) in [5.74, 6) is -2.12. The van der Waals surface area contributed by atoms with Crippen molar-refractivity contribution in [2.75, 3.05) is 0 Å². The normalized spacial score (nSPS) is 34.6. The molecular weight excluding hydrogens is 258 g/mol. The van der Waals surface area contributed by atoms with E-state index < -0.39 is 11.5 Å². The number of aliphatic carboxylic acids is 1. The average Bonchev–Trinajstić information content (AvgIpc) is 2.92. The summed E-state index contributed by atoms with van der Waals surface area (Å²) >= 11 is 0. The molecule has 2 aliphatic carbocycles. The van der Waals surface area contributed by atoms with Crippen molar-refractivity contribution >= 4 is 17.8 Å². The average molecular weight is 279 g/mol. The molecule has 0 aromatic rings. The lowest BCUT2D eigenvalue weighted by Gasteiger charge is -2.38. The standard InChI is InChI=1S/C15H21NO4/c1-14(2)9-10(14)12(18)16(11(9)17)15(13(19)20)7-5-3-4-6-8-15/h9-10H,3-8H2,1-2H3,(H,19,20). The van der Waals surface area contributed by atoms with Crippen molar-refractivity contribution in [1.29, 1.82) is 0 Å². The predicted octanol–water partition coefficient (Wildman–Crippen LogP) is 1.80. The fourth-order valence-corrected chi connectivity index (χ4v) is 4.21. The summed E-state index contributed by atoms with van der Waals surface area (Å²) in [7, 11) is 0. The Morgan fingerprint density at radius 2 is 1.50 bits per heavy atom. The molecule has 5 nitrogen and oxygen atoms in total. The summed E-state index contributed by atoms with van der Waals surface area (Å²) < 4.78 is 0. The Balaban J connectivity index is 1.96. The first-order valence-corrected chi connectivity index (χ1v) is 7.45. The first-order valence-electron chi connectivity index (χ1n) is 7.45. The van der Waals surface area contributed by atoms with E-state index in [0.717, 1.165) is 30.6 Å². The molecule has 1 saturated heterocycles. The molecule has 2 saturated carbocycles. The van der Waals surface area contributed by atoms with Gasteiger partial charge in [-0.1, -0.05) is 39.5 Å². The molecule has 1 N–H and O–H groups in total. The van der Waals surface area contributed by atoms with Crippen LogP contribution in [0.2, 0.25) is 0 Å². The molecule has 0 aromatic carbocycles. The van der Waals surface area contributed by atoms with Crippen LogP contribution >= 0.6 is 0 Å². The van der Waals surface area contributed by atoms with Crippen molar-refractivity contribution in [2.45, 2.75) is 57.9 Å². The number of carboxylic acid groups (broad SMARTS) is 1. The third-order valence-electron chi connectivity index (χ3n) is 5.56. The van der Waals surface area contributed by atoms with E-state index in [-0.39, 0.29) is 29.1 Å². The van der Waals surface area contributed by atoms with Crippen LogP contribution in [0, 0.1) is 17.3 Å². The third-order valence-corrected chi connectivity index (χ3v) is 5.56. The van der Waals surface area contributed by atoms with Crippen molar-refractivity contribution < 1.29 is 19.5 Å². The minimum Gasteiger partial charge on any atom is -0.479 e. The van der Waals surface area contributed by atoms with Crippen LogP contribution in [0.4, 0.5) is 0 Å². The summed E-state index contributed by atoms with van der Waals surface area (Å²) in [4.78, 5) is 38.0. The number of hydrogen-bond donors (Lipinski definition) is 1. The maximum absolute atomic E-state index is 12.5. The fraction of sp³-hybridized carbons (Fsp3) is 0.800. The van der Waals surface area contributed by atoms with Crippen molar-refractivity contribution in [2.24, 2.45) is 17.3 Å². The predicted molar refractivity (Wildman–Crippen MR) is 70.7 cm³/mol. The van der Waals surface area contributed by atoms with Gasteiger partial charge in [0.2, 0.25) is 11.8 Å². The van der Waals surface area contributed by atoms with Gasteiger partial charge in [0.25, 0.3) is 0 Å². The van der Waals surface area contributed by atoms with Gasteiger partial charge in [-0.2, -0.15) is 0 Å². The van der Waals surface area contributed by atoms with Crippen LogP contribution in [0.25, 0.3) is 0 Å². The van der Waals surface area contributed by atoms with E-state index in [0.29, 0.717) is 12.8 Å². The van der Waals surface area contributed by atoms with Gasteiger partial charge >= 0.3 is 5.97 Å². The van der Waals surface area contributed by atoms with Crippen LogP contribution in [0.5, 0.6) is 0 Å². The number of hydrogen-bond acceptors (Lipinski definition) is 3. The molecule has 3 rings (SSSR count). The molecule has 1 heterocycles. The number of likely N-dealkylation sites (tertiary alicyclic amines) is 1. The number of imide groups is 1. The van der Waals surface area contributed by atoms with Crippen LogP contribution in [0.15, 0.2) is 0 Å². The largest absolute Gasteiger partial charge is 0.479 e. The van der Waals surface area contributed by atoms with Crippen LogP contribution in [-0.2, 0) is 14.4 Å². The molecule has 5 heteroatoms. The van der Waals surface area contributed by atoms with Crippen LogP contribution < -0.4 is 0 Å². The van der Waals surface area contributed by atoms with Crippen molar-refractivity contribution in [3.05, 3.63) is 0 Å². The molecule has 3 fully saturated rings. The number of amides is 2. The van der Waals surface area contributed by atoms with Crippen LogP contribution in [0.3, 0.4) is 0 Å². The molecule has 2 atom stereocenters. The quantitative estimate of drug-likeness (QED) is 0.618. The molecule has 0 bridgehead atoms. The smallest absolute Gasteiger partial charge is 0.330 e. The Bertz CT molecular complexity index is 464. The Labute approximate surface area is 118 Å². The number of fused-ring (bicyclic) bond motifs is 1. The zero-order valence-corrected chi connectivity index (χ0v) is 12.0. The molecule has 0 aromatic heterocycles. The molecule has 2 unspecified atom stereocenters. The zero-order chi connectivity index (χ0) is 14.7. The van der Waals surface area contributed by atoms with Gasteiger partial charge in [0, 0.05) is 0 Å². The van der Waals surface area contributed by atoms with E-state index in [1.54, 1.807) is 0 Å². The summed E-state index contributed by atoms with van der Waals surface area (Å²) in [5, 5.41) is 9.69. The maximum Gasteiger partial charge on any atom is 0.330 e. The second-order valence-electron chi connectivity index (χ2n) is 7.04. The van der Waals surface area contributed by atoms with Crippen LogP contribution in [-0.4, -0.2) is 33.3 Å². The van der Waals surface area contributed by atoms with Gasteiger partial charge in [0.05, 0.1) is 11.8 Å². The number of rotatable bonds is 2. The molecular formula is C15H21NO4. The summed E-state index contributed by atoms with van der Waals surface area (Å²) in [6, 6.07) is 0. The van der Waals surface area contributed by atoms with E-state index in [2.05, 4.69) is 0 Å². The lowest BCUT2D eigenvalue weighted by atomic mass is 9.87. The number of carbonyl (C=O) groups is 3. The van der Waals surface area contributed by atoms with Gasteiger partial charge < -0.3 is 5.11 Å². The summed E-state index contributed by atoms with van der Waals surface area (Å²) in [5.41, 5.74) is -1.57. The molecule has 3 aliphatic rings. The van der Waals surface area contributed by atoms with Gasteiger partial charge in [-0.15, -0.1) is 0 Å². The lowest BCUT2D eigenvalue weighted by Crippen LogP contribution is -2.58. The van der Waals surface area contributed by atoms with Gasteiger partial charge in [-0.3, -0.25) is 14.5 Å². The molecule has 110 valence electrons. The highest BCUT2D eigenvalue weighted by Crippen LogP contribution is 2.64. The minimum absolute atomic E-state index is 0.255. The number of nitrogens with zero attached hydrogens (tertiary/aromatic N) is 1. The monoisotopic (exact) mass is 279 g/mol. The number of carboxylic acids is 1. The zero-order valence-electron chi connectivity index (χ0n) is 12.0. The van der Waals surface area contributed by atoms with Gasteiger partial charge in [0.15, 0.2) is 0 Å². The van der Waals surface area contributed by atoms with E-state index in [1.165, 1.54) is 0 Å². The molecule has 0 radical (unpaired) electrons. The molecule has 2 amide bonds. The Hall–Kier alpha value is -1.39. The highest BCUT2D eigenvalue weighted by molar-refractivity contribution is 6.13. The number of piperidine rings is 1. The van der Waals surface area contributed by atoms with Crippen molar-refractivity contribution in [1.82, 2.24) is 4.90 Å². The fourth-order valence-electron chi connectivity index (χ4n) is 4.21. The van der Waals surface area contributed by atoms with E-state index in [9.17, 15) is 19.5 Å². The summed E-state index contributed by atoms with van der Waals surface area (Å²) in [6.45, 7) is 3.83. The maximum atomic E-state index is 12.5. The summed E-state index contributed by atoms with van der Waals surface area (Å²) in [6.07, 6.45) is 4.29. The highest BCUT2D eigenvalue weighted by Gasteiger charge is 2.75. The lowest BCUT2D eigenvalue weighted by molar-refractivity contribution is -0.166. The molecule has 0 spiro atoms. The van der Waals surface area contributed by atoms with Crippen molar-refractivity contribution in [3.8, 4) is 0 Å². The topological polar surface area (TPSA) is 74.7 Å². The highest BCUT2D eigenvalue weighted by atomic mass is 16.4. The Morgan fingerprint density at radius 3 is 1.90 bits per heavy atom. The first-order chi connectivity index (χ1) is 9.34. The molecule has 20 heavy (non-hydrogen) atoms. The van der Waals surface area contributed by atoms with Gasteiger partial charge in [-0.25, -0.2) is 4.79 Å². The second-order valence-corrected chi connectivity index (χ2v) is 7.04. The van der Waals surface area contributed by atoms with Crippen LogP contribution in [0.1, 0.15) is 52.4 Å². The van der Waals surface area contributed by atoms with E-state index >= 15 is 0 Å². The van der Waals surface area contributed by atoms with E-state index in [4.69, 9.17) is 0 Å². The number of carbonyl (C=O) groups excluding carboxylic acids is 2. The van der Waals surface area contributed by atoms with E-state index in [1.807, 2.05) is 13.8 Å². The van der Waals surface area contributed by atoms with Crippen molar-refractivity contribution in [3.63, 3.8) is 0 Å².